The molecule has 0 bridgehead atoms. The highest BCUT2D eigenvalue weighted by Gasteiger charge is 2.24. The quantitative estimate of drug-likeness (QED) is 0.669. The van der Waals surface area contributed by atoms with Crippen LogP contribution in [0.2, 0.25) is 0 Å². The minimum Gasteiger partial charge on any atom is -0.325 e. The Balaban J connectivity index is 2.20. The lowest BCUT2D eigenvalue weighted by Crippen LogP contribution is -2.29. The average molecular weight is 289 g/mol. The molecule has 2 atom stereocenters. The Labute approximate surface area is 91.2 Å². The first kappa shape index (κ1) is 9.39. The molecule has 0 aromatic heterocycles. The highest BCUT2D eigenvalue weighted by molar-refractivity contribution is 14.1. The summed E-state index contributed by atoms with van der Waals surface area (Å²) >= 11 is 2.30. The molecule has 0 spiro atoms. The lowest BCUT2D eigenvalue weighted by atomic mass is 10.0. The Hall–Kier alpha value is -0.170. The summed E-state index contributed by atoms with van der Waals surface area (Å²) in [6, 6.07) is 8.85. The van der Waals surface area contributed by atoms with Gasteiger partial charge >= 0.3 is 0 Å². The van der Waals surface area contributed by atoms with Crippen molar-refractivity contribution >= 4 is 22.6 Å². The fourth-order valence-corrected chi connectivity index (χ4v) is 1.87. The molecule has 1 aliphatic heterocycles. The lowest BCUT2D eigenvalue weighted by molar-refractivity contribution is 0.551. The van der Waals surface area contributed by atoms with Crippen molar-refractivity contribution in [3.05, 3.63) is 33.4 Å². The van der Waals surface area contributed by atoms with Crippen molar-refractivity contribution < 1.29 is 0 Å². The van der Waals surface area contributed by atoms with E-state index in [2.05, 4.69) is 57.7 Å². The van der Waals surface area contributed by atoms with E-state index in [9.17, 15) is 0 Å². The van der Waals surface area contributed by atoms with Crippen LogP contribution in [0.3, 0.4) is 0 Å². The van der Waals surface area contributed by atoms with Gasteiger partial charge in [-0.05, 0) is 40.3 Å². The third kappa shape index (κ3) is 2.01. The first-order valence-electron chi connectivity index (χ1n) is 4.27. The molecule has 4 N–H and O–H groups in total. The fraction of sp³-hybridized carbons (Fsp3) is 0.333. The SMILES string of the molecule is NC1CNNC1c1ccc(I)cc1. The number of hydrogen-bond donors (Lipinski definition) is 3. The van der Waals surface area contributed by atoms with Crippen LogP contribution in [-0.2, 0) is 0 Å². The van der Waals surface area contributed by atoms with Crippen molar-refractivity contribution in [1.29, 1.82) is 0 Å². The first-order chi connectivity index (χ1) is 6.27. The Morgan fingerprint density at radius 2 is 2.00 bits per heavy atom. The number of nitrogens with one attached hydrogen (secondary N) is 2. The van der Waals surface area contributed by atoms with Gasteiger partial charge in [-0.3, -0.25) is 5.43 Å². The maximum atomic E-state index is 5.92. The summed E-state index contributed by atoms with van der Waals surface area (Å²) in [5.74, 6) is 0. The first-order valence-corrected chi connectivity index (χ1v) is 5.34. The Morgan fingerprint density at radius 3 is 2.54 bits per heavy atom. The van der Waals surface area contributed by atoms with Gasteiger partial charge in [-0.2, -0.15) is 0 Å². The molecule has 0 aliphatic carbocycles. The molecule has 1 aliphatic rings. The van der Waals surface area contributed by atoms with Gasteiger partial charge in [-0.25, -0.2) is 5.43 Å². The molecule has 2 rings (SSSR count). The van der Waals surface area contributed by atoms with E-state index in [4.69, 9.17) is 5.73 Å². The summed E-state index contributed by atoms with van der Waals surface area (Å²) in [7, 11) is 0. The zero-order chi connectivity index (χ0) is 9.26. The second kappa shape index (κ2) is 3.91. The third-order valence-electron chi connectivity index (χ3n) is 2.25. The Kier molecular flexibility index (Phi) is 2.83. The molecular formula is C9H12IN3. The maximum absolute atomic E-state index is 5.92. The summed E-state index contributed by atoms with van der Waals surface area (Å²) in [6.45, 7) is 0.830. The van der Waals surface area contributed by atoms with Gasteiger partial charge in [0.2, 0.25) is 0 Å². The summed E-state index contributed by atoms with van der Waals surface area (Å²) in [4.78, 5) is 0. The third-order valence-corrected chi connectivity index (χ3v) is 2.97. The second-order valence-electron chi connectivity index (χ2n) is 3.22. The van der Waals surface area contributed by atoms with E-state index in [0.717, 1.165) is 6.54 Å². The summed E-state index contributed by atoms with van der Waals surface area (Å²) in [5.41, 5.74) is 13.4. The monoisotopic (exact) mass is 289 g/mol. The zero-order valence-corrected chi connectivity index (χ0v) is 9.28. The smallest absolute Gasteiger partial charge is 0.0626 e. The van der Waals surface area contributed by atoms with E-state index >= 15 is 0 Å². The van der Waals surface area contributed by atoms with E-state index in [-0.39, 0.29) is 12.1 Å². The molecule has 1 heterocycles. The molecule has 1 aromatic rings. The normalized spacial score (nSPS) is 27.8. The number of rotatable bonds is 1. The molecule has 70 valence electrons. The van der Waals surface area contributed by atoms with Gasteiger partial charge in [0.05, 0.1) is 6.04 Å². The van der Waals surface area contributed by atoms with E-state index in [0.29, 0.717) is 0 Å². The predicted molar refractivity (Wildman–Crippen MR) is 61.0 cm³/mol. The van der Waals surface area contributed by atoms with Crippen LogP contribution in [0.25, 0.3) is 0 Å². The molecule has 2 unspecified atom stereocenters. The number of halogens is 1. The van der Waals surface area contributed by atoms with Crippen LogP contribution < -0.4 is 16.6 Å². The molecule has 0 saturated carbocycles. The van der Waals surface area contributed by atoms with Crippen LogP contribution in [0.15, 0.2) is 24.3 Å². The number of benzene rings is 1. The van der Waals surface area contributed by atoms with Crippen LogP contribution in [-0.4, -0.2) is 12.6 Å². The van der Waals surface area contributed by atoms with Crippen LogP contribution in [0.5, 0.6) is 0 Å². The maximum Gasteiger partial charge on any atom is 0.0626 e. The van der Waals surface area contributed by atoms with Crippen molar-refractivity contribution in [2.75, 3.05) is 6.54 Å². The molecule has 4 heteroatoms. The van der Waals surface area contributed by atoms with Crippen molar-refractivity contribution in [3.63, 3.8) is 0 Å². The Morgan fingerprint density at radius 1 is 1.31 bits per heavy atom. The topological polar surface area (TPSA) is 50.1 Å². The highest BCUT2D eigenvalue weighted by Crippen LogP contribution is 2.18. The van der Waals surface area contributed by atoms with Crippen molar-refractivity contribution in [3.8, 4) is 0 Å². The summed E-state index contributed by atoms with van der Waals surface area (Å²) in [5, 5.41) is 0. The largest absolute Gasteiger partial charge is 0.325 e. The summed E-state index contributed by atoms with van der Waals surface area (Å²) in [6.07, 6.45) is 0. The minimum atomic E-state index is 0.167. The molecule has 13 heavy (non-hydrogen) atoms. The van der Waals surface area contributed by atoms with Crippen LogP contribution >= 0.6 is 22.6 Å². The van der Waals surface area contributed by atoms with Gasteiger partial charge < -0.3 is 5.73 Å². The molecule has 0 radical (unpaired) electrons. The summed E-state index contributed by atoms with van der Waals surface area (Å²) < 4.78 is 1.25. The van der Waals surface area contributed by atoms with Crippen LogP contribution in [0, 0.1) is 3.57 Å². The van der Waals surface area contributed by atoms with Crippen molar-refractivity contribution in [2.45, 2.75) is 12.1 Å². The van der Waals surface area contributed by atoms with E-state index < -0.39 is 0 Å². The number of hydrazine groups is 1. The molecule has 1 aromatic carbocycles. The van der Waals surface area contributed by atoms with Crippen LogP contribution in [0.1, 0.15) is 11.6 Å². The van der Waals surface area contributed by atoms with Crippen molar-refractivity contribution in [2.24, 2.45) is 5.73 Å². The average Bonchev–Trinajstić information content (AvgIpc) is 2.53. The van der Waals surface area contributed by atoms with Gasteiger partial charge in [0.25, 0.3) is 0 Å². The number of nitrogens with two attached hydrogens (primary N) is 1. The minimum absolute atomic E-state index is 0.167. The van der Waals surface area contributed by atoms with Gasteiger partial charge in [-0.1, -0.05) is 12.1 Å². The molecule has 3 nitrogen and oxygen atoms in total. The van der Waals surface area contributed by atoms with Crippen molar-refractivity contribution in [1.82, 2.24) is 10.9 Å². The van der Waals surface area contributed by atoms with Gasteiger partial charge in [-0.15, -0.1) is 0 Å². The standard InChI is InChI=1S/C9H12IN3/c10-7-3-1-6(2-4-7)9-8(11)5-12-13-9/h1-4,8-9,12-13H,5,11H2. The van der Waals surface area contributed by atoms with E-state index in [1.54, 1.807) is 0 Å². The molecule has 0 amide bonds. The zero-order valence-electron chi connectivity index (χ0n) is 7.13. The predicted octanol–water partition coefficient (Wildman–Crippen LogP) is 0.767. The molecular weight excluding hydrogens is 277 g/mol. The fourth-order valence-electron chi connectivity index (χ4n) is 1.51. The lowest BCUT2D eigenvalue weighted by Gasteiger charge is -2.14. The van der Waals surface area contributed by atoms with E-state index in [1.807, 2.05) is 0 Å². The van der Waals surface area contributed by atoms with Gasteiger partial charge in [0.1, 0.15) is 0 Å². The van der Waals surface area contributed by atoms with Gasteiger partial charge in [0, 0.05) is 16.2 Å². The Bertz CT molecular complexity index is 285. The molecule has 1 fully saturated rings. The highest BCUT2D eigenvalue weighted by atomic mass is 127. The van der Waals surface area contributed by atoms with Crippen LogP contribution in [0.4, 0.5) is 0 Å². The van der Waals surface area contributed by atoms with E-state index in [1.165, 1.54) is 9.13 Å². The second-order valence-corrected chi connectivity index (χ2v) is 4.46. The molecule has 1 saturated heterocycles. The van der Waals surface area contributed by atoms with Gasteiger partial charge in [0.15, 0.2) is 0 Å². The number of hydrogen-bond acceptors (Lipinski definition) is 3.